The Kier molecular flexibility index (Phi) is 10.1. The smallest absolute Gasteiger partial charge is 0.290 e. The highest BCUT2D eigenvalue weighted by atomic mass is 19.1. The second-order valence-electron chi connectivity index (χ2n) is 8.73. The molecule has 2 bridgehead atoms. The molecule has 3 aliphatic rings. The fourth-order valence-corrected chi connectivity index (χ4v) is 5.51. The number of fused-ring (bicyclic) bond motifs is 4. The number of carbonyl (C=O) groups is 3. The first kappa shape index (κ1) is 25.7. The normalized spacial score (nSPS) is 26.8. The highest BCUT2D eigenvalue weighted by Crippen LogP contribution is 2.40. The maximum Gasteiger partial charge on any atom is 0.290 e. The summed E-state index contributed by atoms with van der Waals surface area (Å²) in [4.78, 5) is 34.5. The van der Waals surface area contributed by atoms with E-state index in [-0.39, 0.29) is 24.7 Å². The van der Waals surface area contributed by atoms with Gasteiger partial charge in [0.1, 0.15) is 5.82 Å². The van der Waals surface area contributed by atoms with Crippen LogP contribution in [0.3, 0.4) is 0 Å². The summed E-state index contributed by atoms with van der Waals surface area (Å²) in [6, 6.07) is 5.70. The van der Waals surface area contributed by atoms with E-state index in [1.165, 1.54) is 38.3 Å². The molecule has 3 fully saturated rings. The highest BCUT2D eigenvalue weighted by Gasteiger charge is 2.46. The van der Waals surface area contributed by atoms with Crippen LogP contribution in [0.25, 0.3) is 0 Å². The van der Waals surface area contributed by atoms with E-state index in [9.17, 15) is 9.18 Å². The molecule has 0 unspecified atom stereocenters. The van der Waals surface area contributed by atoms with E-state index in [1.807, 2.05) is 0 Å². The Morgan fingerprint density at radius 1 is 1.19 bits per heavy atom. The molecule has 4 rings (SSSR count). The topological polar surface area (TPSA) is 110 Å². The van der Waals surface area contributed by atoms with Crippen LogP contribution in [0.1, 0.15) is 41.6 Å². The van der Waals surface area contributed by atoms with Crippen molar-refractivity contribution in [3.05, 3.63) is 35.1 Å². The summed E-state index contributed by atoms with van der Waals surface area (Å²) >= 11 is 0. The number of halogens is 1. The number of carbonyl (C=O) groups excluding carboxylic acids is 1. The molecule has 3 saturated heterocycles. The standard InChI is InChI=1S/C21H30FN3O.2CH2O2/c1-14-9-15(6-7-18(14)22)21(26)23-11-20-17-10-16(12-24(2)13-17)19-5-3-4-8-25(19)20;2*2-1-3/h6-7,9,16-17,19-20H,3-5,8,10-13H2,1-2H3,(H,23,26);2*1H,(H,2,3)/t16-,17+,19+,20+;;/m1../s1. The number of likely N-dealkylation sites (tertiary alicyclic amines) is 1. The van der Waals surface area contributed by atoms with Gasteiger partial charge in [-0.25, -0.2) is 4.39 Å². The minimum Gasteiger partial charge on any atom is -0.483 e. The molecule has 3 N–H and O–H groups in total. The Hall–Kier alpha value is -2.52. The largest absolute Gasteiger partial charge is 0.483 e. The Balaban J connectivity index is 0.000000547. The maximum absolute atomic E-state index is 13.5. The average Bonchev–Trinajstić information content (AvgIpc) is 2.76. The molecule has 4 atom stereocenters. The average molecular weight is 452 g/mol. The fraction of sp³-hybridized carbons (Fsp3) is 0.609. The molecule has 0 aliphatic carbocycles. The number of carboxylic acid groups (broad SMARTS) is 2. The van der Waals surface area contributed by atoms with Crippen LogP contribution in [0.4, 0.5) is 4.39 Å². The summed E-state index contributed by atoms with van der Waals surface area (Å²) in [7, 11) is 2.23. The number of nitrogens with one attached hydrogen (secondary N) is 1. The molecule has 9 heteroatoms. The third-order valence-electron chi connectivity index (χ3n) is 6.70. The van der Waals surface area contributed by atoms with Gasteiger partial charge in [-0.05, 0) is 75.4 Å². The van der Waals surface area contributed by atoms with Crippen LogP contribution in [-0.2, 0) is 9.59 Å². The van der Waals surface area contributed by atoms with E-state index in [4.69, 9.17) is 19.8 Å². The van der Waals surface area contributed by atoms with E-state index in [2.05, 4.69) is 22.2 Å². The zero-order valence-electron chi connectivity index (χ0n) is 18.7. The Morgan fingerprint density at radius 3 is 2.50 bits per heavy atom. The first-order chi connectivity index (χ1) is 15.4. The predicted octanol–water partition coefficient (Wildman–Crippen LogP) is 2.07. The van der Waals surface area contributed by atoms with Gasteiger partial charge < -0.3 is 20.4 Å². The predicted molar refractivity (Wildman–Crippen MR) is 118 cm³/mol. The molecular weight excluding hydrogens is 417 g/mol. The van der Waals surface area contributed by atoms with E-state index in [0.717, 1.165) is 19.0 Å². The van der Waals surface area contributed by atoms with Crippen molar-refractivity contribution in [1.82, 2.24) is 15.1 Å². The summed E-state index contributed by atoms with van der Waals surface area (Å²) in [5.74, 6) is 1.06. The van der Waals surface area contributed by atoms with Crippen LogP contribution in [-0.4, -0.2) is 84.2 Å². The van der Waals surface area contributed by atoms with Crippen molar-refractivity contribution in [1.29, 1.82) is 0 Å². The van der Waals surface area contributed by atoms with Gasteiger partial charge in [0, 0.05) is 37.3 Å². The van der Waals surface area contributed by atoms with Crippen molar-refractivity contribution in [2.45, 2.75) is 44.7 Å². The molecule has 32 heavy (non-hydrogen) atoms. The van der Waals surface area contributed by atoms with E-state index in [1.54, 1.807) is 19.1 Å². The third kappa shape index (κ3) is 6.49. The lowest BCUT2D eigenvalue weighted by Crippen LogP contribution is -2.65. The lowest BCUT2D eigenvalue weighted by atomic mass is 9.72. The number of nitrogens with zero attached hydrogens (tertiary/aromatic N) is 2. The van der Waals surface area contributed by atoms with Gasteiger partial charge in [-0.1, -0.05) is 6.42 Å². The van der Waals surface area contributed by atoms with Crippen molar-refractivity contribution in [3.8, 4) is 0 Å². The van der Waals surface area contributed by atoms with Crippen LogP contribution >= 0.6 is 0 Å². The number of hydrogen-bond acceptors (Lipinski definition) is 5. The lowest BCUT2D eigenvalue weighted by molar-refractivity contribution is -0.123. The number of hydrogen-bond donors (Lipinski definition) is 3. The molecule has 0 spiro atoms. The summed E-state index contributed by atoms with van der Waals surface area (Å²) in [6.07, 6.45) is 5.20. The molecule has 0 saturated carbocycles. The van der Waals surface area contributed by atoms with Crippen molar-refractivity contribution in [3.63, 3.8) is 0 Å². The Morgan fingerprint density at radius 2 is 1.84 bits per heavy atom. The Labute approximate surface area is 188 Å². The van der Waals surface area contributed by atoms with Crippen molar-refractivity contribution < 1.29 is 29.0 Å². The van der Waals surface area contributed by atoms with Crippen LogP contribution in [0.15, 0.2) is 18.2 Å². The van der Waals surface area contributed by atoms with Gasteiger partial charge >= 0.3 is 0 Å². The van der Waals surface area contributed by atoms with Gasteiger partial charge in [0.25, 0.3) is 18.9 Å². The minimum absolute atomic E-state index is 0.0899. The molecule has 3 heterocycles. The third-order valence-corrected chi connectivity index (χ3v) is 6.70. The lowest BCUT2D eigenvalue weighted by Gasteiger charge is -2.56. The molecular formula is C23H34FN3O5. The van der Waals surface area contributed by atoms with Gasteiger partial charge in [0.15, 0.2) is 0 Å². The number of aryl methyl sites for hydroxylation is 1. The van der Waals surface area contributed by atoms with Crippen LogP contribution in [0, 0.1) is 24.6 Å². The van der Waals surface area contributed by atoms with Gasteiger partial charge in [0.05, 0.1) is 0 Å². The molecule has 0 aromatic heterocycles. The van der Waals surface area contributed by atoms with Gasteiger partial charge in [-0.3, -0.25) is 19.3 Å². The van der Waals surface area contributed by atoms with Gasteiger partial charge in [-0.15, -0.1) is 0 Å². The van der Waals surface area contributed by atoms with E-state index >= 15 is 0 Å². The molecule has 3 aliphatic heterocycles. The van der Waals surface area contributed by atoms with Crippen LogP contribution < -0.4 is 5.32 Å². The van der Waals surface area contributed by atoms with Crippen LogP contribution in [0.5, 0.6) is 0 Å². The van der Waals surface area contributed by atoms with Crippen molar-refractivity contribution in [2.24, 2.45) is 11.8 Å². The number of rotatable bonds is 3. The Bertz CT molecular complexity index is 772. The quantitative estimate of drug-likeness (QED) is 0.604. The fourth-order valence-electron chi connectivity index (χ4n) is 5.51. The number of benzene rings is 1. The summed E-state index contributed by atoms with van der Waals surface area (Å²) in [5, 5.41) is 16.9. The monoisotopic (exact) mass is 451 g/mol. The van der Waals surface area contributed by atoms with Crippen molar-refractivity contribution >= 4 is 18.9 Å². The molecule has 8 nitrogen and oxygen atoms in total. The first-order valence-corrected chi connectivity index (χ1v) is 11.0. The summed E-state index contributed by atoms with van der Waals surface area (Å²) in [5.41, 5.74) is 1.07. The zero-order valence-corrected chi connectivity index (χ0v) is 18.7. The van der Waals surface area contributed by atoms with Crippen LogP contribution in [0.2, 0.25) is 0 Å². The summed E-state index contributed by atoms with van der Waals surface area (Å²) in [6.45, 7) is 5.39. The summed E-state index contributed by atoms with van der Waals surface area (Å²) < 4.78 is 13.5. The molecule has 1 aromatic rings. The number of amides is 1. The maximum atomic E-state index is 13.5. The molecule has 0 radical (unpaired) electrons. The SMILES string of the molecule is Cc1cc(C(=O)NC[C@H]2[C@H]3C[C@H](CN(C)C3)[C@@H]3CCCCN32)ccc1F.O=CO.O=CO. The van der Waals surface area contributed by atoms with E-state index < -0.39 is 0 Å². The highest BCUT2D eigenvalue weighted by molar-refractivity contribution is 5.94. The second kappa shape index (κ2) is 12.5. The molecule has 1 aromatic carbocycles. The van der Waals surface area contributed by atoms with Crippen molar-refractivity contribution in [2.75, 3.05) is 33.2 Å². The molecule has 1 amide bonds. The van der Waals surface area contributed by atoms with Gasteiger partial charge in [-0.2, -0.15) is 0 Å². The minimum atomic E-state index is -0.263. The molecule has 178 valence electrons. The zero-order chi connectivity index (χ0) is 23.7. The van der Waals surface area contributed by atoms with E-state index in [0.29, 0.717) is 35.7 Å². The first-order valence-electron chi connectivity index (χ1n) is 11.0. The van der Waals surface area contributed by atoms with Gasteiger partial charge in [0.2, 0.25) is 0 Å². The number of piperidine rings is 3. The second-order valence-corrected chi connectivity index (χ2v) is 8.73.